The standard InChI is InChI=1S/C24H23F3N2O3.C7H8O3S/c25-24(26,27)32-23-9-1-18(2-10-23)17-31-22-11-5-20(6-12-22)29-15-13-28(14-16-29)19-3-7-21(30)8-4-19;1-6-2-4-7(5-3-6)11(8,9)10/h1-12,30H,13-17H2;2-5H,1H3,(H,8,9,10). The monoisotopic (exact) mass is 616 g/mol. The summed E-state index contributed by atoms with van der Waals surface area (Å²) in [5, 5.41) is 9.44. The van der Waals surface area contributed by atoms with Crippen molar-refractivity contribution in [2.75, 3.05) is 36.0 Å². The van der Waals surface area contributed by atoms with Crippen molar-refractivity contribution in [2.24, 2.45) is 0 Å². The van der Waals surface area contributed by atoms with E-state index in [1.54, 1.807) is 36.4 Å². The zero-order chi connectivity index (χ0) is 31.0. The second-order valence-electron chi connectivity index (χ2n) is 9.75. The van der Waals surface area contributed by atoms with Gasteiger partial charge in [-0.2, -0.15) is 8.42 Å². The molecule has 1 aliphatic rings. The lowest BCUT2D eigenvalue weighted by atomic mass is 10.2. The van der Waals surface area contributed by atoms with E-state index in [4.69, 9.17) is 9.29 Å². The second kappa shape index (κ2) is 13.7. The number of hydrogen-bond donors (Lipinski definition) is 2. The van der Waals surface area contributed by atoms with Crippen molar-refractivity contribution in [2.45, 2.75) is 24.8 Å². The van der Waals surface area contributed by atoms with E-state index in [0.29, 0.717) is 5.75 Å². The molecule has 228 valence electrons. The SMILES string of the molecule is Cc1ccc(S(=O)(=O)O)cc1.Oc1ccc(N2CCN(c3ccc(OCc4ccc(OC(F)(F)F)cc4)cc3)CC2)cc1. The highest BCUT2D eigenvalue weighted by atomic mass is 32.2. The van der Waals surface area contributed by atoms with Crippen LogP contribution in [-0.4, -0.2) is 50.6 Å². The number of nitrogens with zero attached hydrogens (tertiary/aromatic N) is 2. The number of halogens is 3. The molecule has 0 atom stereocenters. The summed E-state index contributed by atoms with van der Waals surface area (Å²) in [6.45, 7) is 5.62. The van der Waals surface area contributed by atoms with Gasteiger partial charge in [-0.25, -0.2) is 0 Å². The van der Waals surface area contributed by atoms with Crippen LogP contribution in [-0.2, 0) is 16.7 Å². The number of piperazine rings is 1. The second-order valence-corrected chi connectivity index (χ2v) is 11.2. The van der Waals surface area contributed by atoms with Gasteiger partial charge in [0.25, 0.3) is 10.1 Å². The van der Waals surface area contributed by atoms with E-state index >= 15 is 0 Å². The zero-order valence-corrected chi connectivity index (χ0v) is 24.1. The molecular weight excluding hydrogens is 585 g/mol. The molecule has 0 unspecified atom stereocenters. The molecular formula is C31H31F3N2O6S. The molecule has 1 saturated heterocycles. The Bertz CT molecular complexity index is 1550. The van der Waals surface area contributed by atoms with Gasteiger partial charge in [0.1, 0.15) is 23.9 Å². The summed E-state index contributed by atoms with van der Waals surface area (Å²) in [7, 11) is -4.02. The van der Waals surface area contributed by atoms with E-state index in [1.165, 1.54) is 24.3 Å². The van der Waals surface area contributed by atoms with Crippen molar-refractivity contribution in [1.29, 1.82) is 0 Å². The van der Waals surface area contributed by atoms with Crippen molar-refractivity contribution in [3.05, 3.63) is 108 Å². The molecule has 12 heteroatoms. The first-order chi connectivity index (χ1) is 20.4. The third-order valence-corrected chi connectivity index (χ3v) is 7.45. The Morgan fingerprint density at radius 3 is 1.65 bits per heavy atom. The van der Waals surface area contributed by atoms with Gasteiger partial charge in [0.15, 0.2) is 0 Å². The number of phenolic OH excluding ortho intramolecular Hbond substituents is 1. The molecule has 0 aliphatic carbocycles. The van der Waals surface area contributed by atoms with Crippen LogP contribution in [0.1, 0.15) is 11.1 Å². The molecule has 0 amide bonds. The maximum absolute atomic E-state index is 12.2. The summed E-state index contributed by atoms with van der Waals surface area (Å²) in [5.41, 5.74) is 3.91. The van der Waals surface area contributed by atoms with Gasteiger partial charge in [0.05, 0.1) is 4.90 Å². The van der Waals surface area contributed by atoms with Crippen molar-refractivity contribution in [3.8, 4) is 17.2 Å². The Balaban J connectivity index is 0.000000324. The molecule has 1 heterocycles. The van der Waals surface area contributed by atoms with Crippen LogP contribution in [0.15, 0.2) is 102 Å². The summed E-state index contributed by atoms with van der Waals surface area (Å²) < 4.78 is 75.9. The first-order valence-corrected chi connectivity index (χ1v) is 14.7. The topological polar surface area (TPSA) is 99.5 Å². The number of hydrogen-bond acceptors (Lipinski definition) is 7. The Morgan fingerprint density at radius 1 is 0.721 bits per heavy atom. The van der Waals surface area contributed by atoms with E-state index in [0.717, 1.165) is 48.7 Å². The highest BCUT2D eigenvalue weighted by Gasteiger charge is 2.31. The molecule has 8 nitrogen and oxygen atoms in total. The predicted octanol–water partition coefficient (Wildman–Crippen LogP) is 6.44. The number of alkyl halides is 3. The Morgan fingerprint density at radius 2 is 1.19 bits per heavy atom. The summed E-state index contributed by atoms with van der Waals surface area (Å²) >= 11 is 0. The van der Waals surface area contributed by atoms with Gasteiger partial charge in [-0.3, -0.25) is 4.55 Å². The van der Waals surface area contributed by atoms with Gasteiger partial charge < -0.3 is 24.4 Å². The minimum absolute atomic E-state index is 0.0666. The molecule has 4 aromatic carbocycles. The van der Waals surface area contributed by atoms with Crippen LogP contribution in [0.25, 0.3) is 0 Å². The van der Waals surface area contributed by atoms with Gasteiger partial charge in [0, 0.05) is 37.6 Å². The predicted molar refractivity (Wildman–Crippen MR) is 157 cm³/mol. The van der Waals surface area contributed by atoms with Gasteiger partial charge in [-0.1, -0.05) is 29.8 Å². The van der Waals surface area contributed by atoms with Gasteiger partial charge in [-0.15, -0.1) is 13.2 Å². The minimum atomic E-state index is -4.70. The first-order valence-electron chi connectivity index (χ1n) is 13.3. The van der Waals surface area contributed by atoms with E-state index in [1.807, 2.05) is 43.3 Å². The summed E-state index contributed by atoms with van der Waals surface area (Å²) in [6.07, 6.45) is -4.70. The lowest BCUT2D eigenvalue weighted by molar-refractivity contribution is -0.274. The van der Waals surface area contributed by atoms with Crippen LogP contribution in [0, 0.1) is 6.92 Å². The van der Waals surface area contributed by atoms with Gasteiger partial charge in [0.2, 0.25) is 0 Å². The number of benzene rings is 4. The minimum Gasteiger partial charge on any atom is -0.508 e. The molecule has 0 radical (unpaired) electrons. The number of ether oxygens (including phenoxy) is 2. The number of aryl methyl sites for hydroxylation is 1. The fourth-order valence-electron chi connectivity index (χ4n) is 4.30. The first kappa shape index (κ1) is 31.5. The number of anilines is 2. The van der Waals surface area contributed by atoms with Crippen LogP contribution in [0.4, 0.5) is 24.5 Å². The fraction of sp³-hybridized carbons (Fsp3) is 0.226. The molecule has 0 spiro atoms. The fourth-order valence-corrected chi connectivity index (χ4v) is 4.78. The lowest BCUT2D eigenvalue weighted by Gasteiger charge is -2.37. The average Bonchev–Trinajstić information content (AvgIpc) is 2.97. The van der Waals surface area contributed by atoms with Gasteiger partial charge >= 0.3 is 6.36 Å². The number of rotatable bonds is 7. The van der Waals surface area contributed by atoms with Gasteiger partial charge in [-0.05, 0) is 85.3 Å². The quantitative estimate of drug-likeness (QED) is 0.229. The van der Waals surface area contributed by atoms with Crippen LogP contribution >= 0.6 is 0 Å². The molecule has 5 rings (SSSR count). The highest BCUT2D eigenvalue weighted by Crippen LogP contribution is 2.26. The summed E-state index contributed by atoms with van der Waals surface area (Å²) in [6, 6.07) is 26.7. The Labute approximate surface area is 248 Å². The van der Waals surface area contributed by atoms with Crippen molar-refractivity contribution in [1.82, 2.24) is 0 Å². The summed E-state index contributed by atoms with van der Waals surface area (Å²) in [4.78, 5) is 4.53. The lowest BCUT2D eigenvalue weighted by Crippen LogP contribution is -2.46. The smallest absolute Gasteiger partial charge is 0.508 e. The maximum atomic E-state index is 12.2. The van der Waals surface area contributed by atoms with Crippen LogP contribution in [0.3, 0.4) is 0 Å². The van der Waals surface area contributed by atoms with Crippen molar-refractivity contribution >= 4 is 21.5 Å². The molecule has 2 N–H and O–H groups in total. The third kappa shape index (κ3) is 9.83. The van der Waals surface area contributed by atoms with Crippen LogP contribution in [0.2, 0.25) is 0 Å². The molecule has 4 aromatic rings. The maximum Gasteiger partial charge on any atom is 0.573 e. The van der Waals surface area contributed by atoms with Crippen LogP contribution in [0.5, 0.6) is 17.2 Å². The summed E-state index contributed by atoms with van der Waals surface area (Å²) in [5.74, 6) is 0.699. The largest absolute Gasteiger partial charge is 0.573 e. The molecule has 0 saturated carbocycles. The number of phenols is 1. The normalized spacial score (nSPS) is 13.6. The molecule has 1 aliphatic heterocycles. The molecule has 1 fully saturated rings. The van der Waals surface area contributed by atoms with E-state index < -0.39 is 16.5 Å². The van der Waals surface area contributed by atoms with Crippen molar-refractivity contribution in [3.63, 3.8) is 0 Å². The molecule has 43 heavy (non-hydrogen) atoms. The Hall–Kier alpha value is -4.42. The van der Waals surface area contributed by atoms with Crippen molar-refractivity contribution < 1.29 is 40.7 Å². The molecule has 0 bridgehead atoms. The zero-order valence-electron chi connectivity index (χ0n) is 23.2. The highest BCUT2D eigenvalue weighted by molar-refractivity contribution is 7.85. The molecule has 0 aromatic heterocycles. The van der Waals surface area contributed by atoms with E-state index in [9.17, 15) is 26.7 Å². The Kier molecular flexibility index (Phi) is 10.0. The van der Waals surface area contributed by atoms with E-state index in [2.05, 4.69) is 14.5 Å². The van der Waals surface area contributed by atoms with E-state index in [-0.39, 0.29) is 23.0 Å². The third-order valence-electron chi connectivity index (χ3n) is 6.58. The van der Waals surface area contributed by atoms with Crippen LogP contribution < -0.4 is 19.3 Å². The average molecular weight is 617 g/mol. The number of aromatic hydroxyl groups is 1.